The highest BCUT2D eigenvalue weighted by Crippen LogP contribution is 2.28. The van der Waals surface area contributed by atoms with Gasteiger partial charge in [-0.15, -0.1) is 11.3 Å². The number of hydrogen-bond acceptors (Lipinski definition) is 1. The van der Waals surface area contributed by atoms with Gasteiger partial charge in [0.2, 0.25) is 0 Å². The molecule has 0 saturated carbocycles. The van der Waals surface area contributed by atoms with E-state index in [4.69, 9.17) is 0 Å². The molecule has 1 aromatic carbocycles. The topological polar surface area (TPSA) is 0 Å². The van der Waals surface area contributed by atoms with Crippen molar-refractivity contribution in [3.63, 3.8) is 0 Å². The molecule has 2 rings (SSSR count). The third-order valence-electron chi connectivity index (χ3n) is 3.82. The van der Waals surface area contributed by atoms with Crippen molar-refractivity contribution in [3.05, 3.63) is 34.7 Å². The van der Waals surface area contributed by atoms with E-state index in [0.29, 0.717) is 0 Å². The van der Waals surface area contributed by atoms with Crippen LogP contribution in [0.25, 0.3) is 10.1 Å². The predicted molar refractivity (Wildman–Crippen MR) is 88.3 cm³/mol. The molecule has 1 heteroatoms. The molecule has 19 heavy (non-hydrogen) atoms. The fraction of sp³-hybridized carbons (Fsp3) is 0.556. The van der Waals surface area contributed by atoms with Gasteiger partial charge in [0.15, 0.2) is 0 Å². The highest BCUT2D eigenvalue weighted by molar-refractivity contribution is 7.19. The molecule has 0 radical (unpaired) electrons. The highest BCUT2D eigenvalue weighted by atomic mass is 32.1. The van der Waals surface area contributed by atoms with Crippen molar-refractivity contribution >= 4 is 21.4 Å². The lowest BCUT2D eigenvalue weighted by Crippen LogP contribution is -1.87. The first-order chi connectivity index (χ1) is 9.31. The monoisotopic (exact) mass is 274 g/mol. The van der Waals surface area contributed by atoms with E-state index in [-0.39, 0.29) is 0 Å². The van der Waals surface area contributed by atoms with Crippen LogP contribution in [0.3, 0.4) is 0 Å². The molecule has 0 amide bonds. The molecule has 0 saturated heterocycles. The van der Waals surface area contributed by atoms with Crippen LogP contribution in [0.1, 0.15) is 62.3 Å². The summed E-state index contributed by atoms with van der Waals surface area (Å²) in [5.74, 6) is 0. The zero-order valence-corrected chi connectivity index (χ0v) is 13.2. The lowest BCUT2D eigenvalue weighted by molar-refractivity contribution is 0.590. The summed E-state index contributed by atoms with van der Waals surface area (Å²) in [4.78, 5) is 1.43. The van der Waals surface area contributed by atoms with Crippen LogP contribution in [-0.4, -0.2) is 0 Å². The van der Waals surface area contributed by atoms with E-state index in [1.807, 2.05) is 11.3 Å². The second kappa shape index (κ2) is 7.69. The third kappa shape index (κ3) is 4.35. The van der Waals surface area contributed by atoms with Crippen molar-refractivity contribution in [2.24, 2.45) is 0 Å². The van der Waals surface area contributed by atoms with Gasteiger partial charge in [-0.3, -0.25) is 0 Å². The van der Waals surface area contributed by atoms with Gasteiger partial charge in [-0.05, 0) is 42.8 Å². The number of thiophene rings is 1. The molecular formula is C18H26S. The van der Waals surface area contributed by atoms with Gasteiger partial charge in [-0.1, -0.05) is 57.6 Å². The van der Waals surface area contributed by atoms with E-state index in [9.17, 15) is 0 Å². The molecule has 104 valence electrons. The molecule has 1 aromatic heterocycles. The molecule has 2 aromatic rings. The summed E-state index contributed by atoms with van der Waals surface area (Å²) in [5.41, 5.74) is 1.55. The number of unbranched alkanes of at least 4 members (excludes halogenated alkanes) is 6. The van der Waals surface area contributed by atoms with E-state index >= 15 is 0 Å². The fourth-order valence-corrected chi connectivity index (χ4v) is 3.71. The maximum absolute atomic E-state index is 2.36. The lowest BCUT2D eigenvalue weighted by Gasteiger charge is -2.04. The minimum Gasteiger partial charge on any atom is -0.141 e. The number of aryl methyl sites for hydroxylation is 2. The van der Waals surface area contributed by atoms with Crippen LogP contribution in [-0.2, 0) is 6.42 Å². The van der Waals surface area contributed by atoms with Gasteiger partial charge >= 0.3 is 0 Å². The SMILES string of the molecule is CCCCCCCCCc1cccc2sc(C)cc12. The first kappa shape index (κ1) is 14.6. The van der Waals surface area contributed by atoms with E-state index in [1.54, 1.807) is 5.56 Å². The zero-order valence-electron chi connectivity index (χ0n) is 12.4. The Labute approximate surface area is 121 Å². The van der Waals surface area contributed by atoms with Crippen molar-refractivity contribution < 1.29 is 0 Å². The van der Waals surface area contributed by atoms with Crippen molar-refractivity contribution in [3.8, 4) is 0 Å². The smallest absolute Gasteiger partial charge is 0.0348 e. The first-order valence-corrected chi connectivity index (χ1v) is 8.61. The van der Waals surface area contributed by atoms with E-state index in [0.717, 1.165) is 0 Å². The van der Waals surface area contributed by atoms with Crippen molar-refractivity contribution in [2.45, 2.75) is 65.2 Å². The molecule has 0 spiro atoms. The van der Waals surface area contributed by atoms with Crippen LogP contribution in [0, 0.1) is 6.92 Å². The Morgan fingerprint density at radius 3 is 2.47 bits per heavy atom. The number of benzene rings is 1. The maximum atomic E-state index is 2.36. The first-order valence-electron chi connectivity index (χ1n) is 7.79. The summed E-state index contributed by atoms with van der Waals surface area (Å²) in [6.07, 6.45) is 11.0. The Morgan fingerprint density at radius 2 is 1.68 bits per heavy atom. The van der Waals surface area contributed by atoms with Crippen molar-refractivity contribution in [1.82, 2.24) is 0 Å². The number of fused-ring (bicyclic) bond motifs is 1. The summed E-state index contributed by atoms with van der Waals surface area (Å²) in [7, 11) is 0. The Bertz CT molecular complexity index is 495. The van der Waals surface area contributed by atoms with Gasteiger partial charge in [-0.25, -0.2) is 0 Å². The van der Waals surface area contributed by atoms with Crippen molar-refractivity contribution in [1.29, 1.82) is 0 Å². The van der Waals surface area contributed by atoms with Gasteiger partial charge in [0.05, 0.1) is 0 Å². The highest BCUT2D eigenvalue weighted by Gasteiger charge is 2.03. The van der Waals surface area contributed by atoms with Gasteiger partial charge in [-0.2, -0.15) is 0 Å². The number of hydrogen-bond donors (Lipinski definition) is 0. The van der Waals surface area contributed by atoms with Crippen LogP contribution in [0.15, 0.2) is 24.3 Å². The molecule has 0 bridgehead atoms. The summed E-state index contributed by atoms with van der Waals surface area (Å²) in [6, 6.07) is 9.14. The molecule has 0 nitrogen and oxygen atoms in total. The molecule has 0 unspecified atom stereocenters. The lowest BCUT2D eigenvalue weighted by atomic mass is 10.0. The van der Waals surface area contributed by atoms with Crippen molar-refractivity contribution in [2.75, 3.05) is 0 Å². The summed E-state index contributed by atoms with van der Waals surface area (Å²) < 4.78 is 1.46. The second-order valence-corrected chi connectivity index (χ2v) is 6.85. The normalized spacial score (nSPS) is 11.3. The van der Waals surface area contributed by atoms with Crippen LogP contribution >= 0.6 is 11.3 Å². The third-order valence-corrected chi connectivity index (χ3v) is 4.84. The molecule has 0 aliphatic carbocycles. The minimum absolute atomic E-state index is 1.25. The molecule has 0 fully saturated rings. The molecular weight excluding hydrogens is 248 g/mol. The summed E-state index contributed by atoms with van der Waals surface area (Å²) >= 11 is 1.92. The van der Waals surface area contributed by atoms with Gasteiger partial charge in [0.25, 0.3) is 0 Å². The molecule has 0 N–H and O–H groups in total. The van der Waals surface area contributed by atoms with Crippen LogP contribution in [0.2, 0.25) is 0 Å². The average Bonchev–Trinajstić information content (AvgIpc) is 2.78. The largest absolute Gasteiger partial charge is 0.141 e. The Balaban J connectivity index is 1.78. The van der Waals surface area contributed by atoms with Crippen LogP contribution < -0.4 is 0 Å². The zero-order chi connectivity index (χ0) is 13.5. The van der Waals surface area contributed by atoms with Gasteiger partial charge in [0.1, 0.15) is 0 Å². The fourth-order valence-electron chi connectivity index (χ4n) is 2.74. The van der Waals surface area contributed by atoms with E-state index < -0.39 is 0 Å². The summed E-state index contributed by atoms with van der Waals surface area (Å²) in [5, 5.41) is 1.50. The quantitative estimate of drug-likeness (QED) is 0.482. The Morgan fingerprint density at radius 1 is 0.947 bits per heavy atom. The molecule has 1 heterocycles. The van der Waals surface area contributed by atoms with Gasteiger partial charge in [0, 0.05) is 9.58 Å². The average molecular weight is 274 g/mol. The van der Waals surface area contributed by atoms with Crippen LogP contribution in [0.4, 0.5) is 0 Å². The minimum atomic E-state index is 1.25. The molecule has 0 aliphatic heterocycles. The molecule has 0 aliphatic rings. The van der Waals surface area contributed by atoms with E-state index in [1.165, 1.54) is 66.3 Å². The van der Waals surface area contributed by atoms with Gasteiger partial charge < -0.3 is 0 Å². The standard InChI is InChI=1S/C18H26S/c1-3-4-5-6-7-8-9-11-16-12-10-13-18-17(16)14-15(2)19-18/h10,12-14H,3-9,11H2,1-2H3. The van der Waals surface area contributed by atoms with Crippen LogP contribution in [0.5, 0.6) is 0 Å². The molecule has 0 atom stereocenters. The number of rotatable bonds is 8. The summed E-state index contributed by atoms with van der Waals surface area (Å²) in [6.45, 7) is 4.49. The maximum Gasteiger partial charge on any atom is 0.0348 e. The second-order valence-electron chi connectivity index (χ2n) is 5.56. The van der Waals surface area contributed by atoms with E-state index in [2.05, 4.69) is 38.1 Å². The Kier molecular flexibility index (Phi) is 5.91. The predicted octanol–water partition coefficient (Wildman–Crippen LogP) is 6.50. The Hall–Kier alpha value is -0.820.